The van der Waals surface area contributed by atoms with Gasteiger partial charge in [-0.25, -0.2) is 0 Å². The summed E-state index contributed by atoms with van der Waals surface area (Å²) in [6.45, 7) is 4.57. The number of hydrogen-bond acceptors (Lipinski definition) is 3. The SMILES string of the molecule is CCN(O)C1=CCC(N)(CC)C=C1. The van der Waals surface area contributed by atoms with Crippen LogP contribution in [0.25, 0.3) is 0 Å². The van der Waals surface area contributed by atoms with Crippen LogP contribution in [0.4, 0.5) is 0 Å². The van der Waals surface area contributed by atoms with Gasteiger partial charge in [0.05, 0.1) is 5.70 Å². The molecule has 13 heavy (non-hydrogen) atoms. The van der Waals surface area contributed by atoms with E-state index in [1.54, 1.807) is 0 Å². The maximum atomic E-state index is 9.40. The molecule has 74 valence electrons. The zero-order valence-electron chi connectivity index (χ0n) is 8.33. The number of rotatable bonds is 3. The van der Waals surface area contributed by atoms with Gasteiger partial charge in [0.15, 0.2) is 0 Å². The lowest BCUT2D eigenvalue weighted by molar-refractivity contribution is -0.0468. The van der Waals surface area contributed by atoms with Crippen molar-refractivity contribution in [2.24, 2.45) is 5.73 Å². The van der Waals surface area contributed by atoms with Crippen molar-refractivity contribution in [1.29, 1.82) is 0 Å². The topological polar surface area (TPSA) is 49.5 Å². The fourth-order valence-corrected chi connectivity index (χ4v) is 1.32. The Hall–Kier alpha value is -0.800. The average molecular weight is 182 g/mol. The second kappa shape index (κ2) is 3.94. The predicted octanol–water partition coefficient (Wildman–Crippen LogP) is 1.65. The molecule has 3 N–H and O–H groups in total. The summed E-state index contributed by atoms with van der Waals surface area (Å²) in [4.78, 5) is 0. The highest BCUT2D eigenvalue weighted by Gasteiger charge is 2.21. The van der Waals surface area contributed by atoms with E-state index in [9.17, 15) is 5.21 Å². The van der Waals surface area contributed by atoms with Gasteiger partial charge >= 0.3 is 0 Å². The molecule has 0 aromatic rings. The van der Waals surface area contributed by atoms with Crippen LogP contribution >= 0.6 is 0 Å². The van der Waals surface area contributed by atoms with E-state index in [4.69, 9.17) is 5.73 Å². The Morgan fingerprint density at radius 1 is 1.62 bits per heavy atom. The van der Waals surface area contributed by atoms with Crippen molar-refractivity contribution in [2.75, 3.05) is 6.54 Å². The van der Waals surface area contributed by atoms with Gasteiger partial charge in [-0.3, -0.25) is 10.3 Å². The molecule has 0 amide bonds. The van der Waals surface area contributed by atoms with E-state index in [1.807, 2.05) is 25.2 Å². The summed E-state index contributed by atoms with van der Waals surface area (Å²) in [6, 6.07) is 0. The highest BCUT2D eigenvalue weighted by Crippen LogP contribution is 2.22. The fraction of sp³-hybridized carbons (Fsp3) is 0.600. The van der Waals surface area contributed by atoms with E-state index in [0.717, 1.165) is 18.5 Å². The summed E-state index contributed by atoms with van der Waals surface area (Å²) in [6.07, 6.45) is 7.56. The first kappa shape index (κ1) is 10.3. The zero-order valence-corrected chi connectivity index (χ0v) is 8.33. The van der Waals surface area contributed by atoms with Crippen LogP contribution in [0.1, 0.15) is 26.7 Å². The Kier molecular flexibility index (Phi) is 3.12. The molecule has 1 atom stereocenters. The maximum absolute atomic E-state index is 9.40. The van der Waals surface area contributed by atoms with Crippen molar-refractivity contribution < 1.29 is 5.21 Å². The van der Waals surface area contributed by atoms with Gasteiger partial charge in [0.1, 0.15) is 0 Å². The second-order valence-corrected chi connectivity index (χ2v) is 3.47. The van der Waals surface area contributed by atoms with Crippen molar-refractivity contribution in [3.63, 3.8) is 0 Å². The van der Waals surface area contributed by atoms with Gasteiger partial charge in [-0.05, 0) is 25.8 Å². The van der Waals surface area contributed by atoms with Crippen molar-refractivity contribution in [3.8, 4) is 0 Å². The van der Waals surface area contributed by atoms with Gasteiger partial charge in [-0.1, -0.05) is 19.1 Å². The predicted molar refractivity (Wildman–Crippen MR) is 53.2 cm³/mol. The Morgan fingerprint density at radius 3 is 2.69 bits per heavy atom. The molecule has 1 rings (SSSR count). The van der Waals surface area contributed by atoms with Crippen LogP contribution in [0, 0.1) is 0 Å². The van der Waals surface area contributed by atoms with Gasteiger partial charge in [0.2, 0.25) is 0 Å². The van der Waals surface area contributed by atoms with Crippen LogP contribution in [-0.2, 0) is 0 Å². The molecule has 0 saturated heterocycles. The first-order chi connectivity index (χ1) is 6.11. The smallest absolute Gasteiger partial charge is 0.0592 e. The third-order valence-corrected chi connectivity index (χ3v) is 2.53. The molecule has 0 bridgehead atoms. The Balaban J connectivity index is 2.64. The standard InChI is InChI=1S/C10H18N2O/c1-3-10(11)7-5-9(6-8-10)12(13)4-2/h5-7,13H,3-4,8,11H2,1-2H3. The number of hydrogen-bond donors (Lipinski definition) is 2. The molecule has 0 fully saturated rings. The van der Waals surface area contributed by atoms with E-state index < -0.39 is 0 Å². The molecular formula is C10H18N2O. The highest BCUT2D eigenvalue weighted by molar-refractivity contribution is 5.27. The summed E-state index contributed by atoms with van der Waals surface area (Å²) in [5, 5.41) is 10.6. The summed E-state index contributed by atoms with van der Waals surface area (Å²) in [5.74, 6) is 0. The molecular weight excluding hydrogens is 164 g/mol. The Labute approximate surface area is 79.5 Å². The third-order valence-electron chi connectivity index (χ3n) is 2.53. The average Bonchev–Trinajstić information content (AvgIpc) is 2.18. The summed E-state index contributed by atoms with van der Waals surface area (Å²) in [7, 11) is 0. The van der Waals surface area contributed by atoms with E-state index in [0.29, 0.717) is 6.54 Å². The Morgan fingerprint density at radius 2 is 2.31 bits per heavy atom. The first-order valence-electron chi connectivity index (χ1n) is 4.76. The van der Waals surface area contributed by atoms with E-state index >= 15 is 0 Å². The summed E-state index contributed by atoms with van der Waals surface area (Å²) < 4.78 is 0. The molecule has 0 aromatic heterocycles. The number of likely N-dealkylation sites (N-methyl/N-ethyl adjacent to an activating group) is 1. The second-order valence-electron chi connectivity index (χ2n) is 3.47. The van der Waals surface area contributed by atoms with Gasteiger partial charge < -0.3 is 5.73 Å². The number of nitrogens with two attached hydrogens (primary N) is 1. The van der Waals surface area contributed by atoms with E-state index in [1.165, 1.54) is 5.06 Å². The molecule has 3 heteroatoms. The van der Waals surface area contributed by atoms with Crippen LogP contribution in [0.5, 0.6) is 0 Å². The summed E-state index contributed by atoms with van der Waals surface area (Å²) in [5.41, 5.74) is 6.66. The van der Waals surface area contributed by atoms with E-state index in [-0.39, 0.29) is 5.54 Å². The molecule has 1 aliphatic rings. The van der Waals surface area contributed by atoms with E-state index in [2.05, 4.69) is 6.92 Å². The van der Waals surface area contributed by atoms with Crippen LogP contribution in [-0.4, -0.2) is 22.4 Å². The fourth-order valence-electron chi connectivity index (χ4n) is 1.32. The van der Waals surface area contributed by atoms with Crippen LogP contribution < -0.4 is 5.73 Å². The zero-order chi connectivity index (χ0) is 9.90. The minimum atomic E-state index is -0.210. The molecule has 0 aliphatic heterocycles. The quantitative estimate of drug-likeness (QED) is 0.652. The lowest BCUT2D eigenvalue weighted by Gasteiger charge is -2.28. The molecule has 0 heterocycles. The molecule has 1 aliphatic carbocycles. The lowest BCUT2D eigenvalue weighted by atomic mass is 9.89. The highest BCUT2D eigenvalue weighted by atomic mass is 16.5. The van der Waals surface area contributed by atoms with Crippen molar-refractivity contribution in [2.45, 2.75) is 32.2 Å². The van der Waals surface area contributed by atoms with Gasteiger partial charge in [0.25, 0.3) is 0 Å². The van der Waals surface area contributed by atoms with Gasteiger partial charge in [-0.2, -0.15) is 0 Å². The van der Waals surface area contributed by atoms with Crippen molar-refractivity contribution in [1.82, 2.24) is 5.06 Å². The summed E-state index contributed by atoms with van der Waals surface area (Å²) >= 11 is 0. The Bertz CT molecular complexity index is 235. The third kappa shape index (κ3) is 2.32. The number of nitrogens with zero attached hydrogens (tertiary/aromatic N) is 1. The number of hydroxylamine groups is 2. The molecule has 0 saturated carbocycles. The normalized spacial score (nSPS) is 27.2. The van der Waals surface area contributed by atoms with Crippen LogP contribution in [0.15, 0.2) is 23.9 Å². The van der Waals surface area contributed by atoms with Gasteiger partial charge in [0, 0.05) is 12.1 Å². The van der Waals surface area contributed by atoms with Crippen LogP contribution in [0.2, 0.25) is 0 Å². The van der Waals surface area contributed by atoms with Crippen LogP contribution in [0.3, 0.4) is 0 Å². The van der Waals surface area contributed by atoms with Crippen molar-refractivity contribution >= 4 is 0 Å². The minimum absolute atomic E-state index is 0.210. The molecule has 0 radical (unpaired) electrons. The first-order valence-corrected chi connectivity index (χ1v) is 4.76. The van der Waals surface area contributed by atoms with Crippen molar-refractivity contribution in [3.05, 3.63) is 23.9 Å². The maximum Gasteiger partial charge on any atom is 0.0592 e. The molecule has 0 spiro atoms. The minimum Gasteiger partial charge on any atom is -0.322 e. The number of allylic oxidation sites excluding steroid dienone is 1. The molecule has 1 unspecified atom stereocenters. The molecule has 3 nitrogen and oxygen atoms in total. The van der Waals surface area contributed by atoms with Gasteiger partial charge in [-0.15, -0.1) is 0 Å². The molecule has 0 aromatic carbocycles. The monoisotopic (exact) mass is 182 g/mol. The largest absolute Gasteiger partial charge is 0.322 e. The lowest BCUT2D eigenvalue weighted by Crippen LogP contribution is -2.38.